The molecule has 45 heavy (non-hydrogen) atoms. The molecule has 0 N–H and O–H groups in total. The Morgan fingerprint density at radius 3 is 2.18 bits per heavy atom. The van der Waals surface area contributed by atoms with Crippen LogP contribution in [0.25, 0.3) is 28.2 Å². The Bertz CT molecular complexity index is 2070. The van der Waals surface area contributed by atoms with Crippen LogP contribution in [0.15, 0.2) is 79.4 Å². The second-order valence-electron chi connectivity index (χ2n) is 11.0. The van der Waals surface area contributed by atoms with E-state index in [9.17, 15) is 22.0 Å². The second kappa shape index (κ2) is 11.1. The summed E-state index contributed by atoms with van der Waals surface area (Å²) in [6.45, 7) is 4.22. The SMILES string of the molecule is Cn1ccnc1-c1[c-]c(N2c3[c-]c(-n4cc(-c5c(F)c(F)c(F)c(F)c5F)cn4)ccc3C(C)(C)c3ccccc32)ccc1.[Pt+2]. The number of hydrogen-bond donors (Lipinski definition) is 0. The molecule has 2 aromatic heterocycles. The van der Waals surface area contributed by atoms with Crippen molar-refractivity contribution in [1.82, 2.24) is 19.3 Å². The molecule has 228 valence electrons. The fourth-order valence-electron chi connectivity index (χ4n) is 5.78. The van der Waals surface area contributed by atoms with Crippen LogP contribution in [0.1, 0.15) is 25.0 Å². The van der Waals surface area contributed by atoms with Gasteiger partial charge in [-0.05, 0) is 28.4 Å². The van der Waals surface area contributed by atoms with Crippen LogP contribution in [-0.2, 0) is 33.5 Å². The van der Waals surface area contributed by atoms with Crippen molar-refractivity contribution in [3.63, 3.8) is 0 Å². The Morgan fingerprint density at radius 2 is 1.47 bits per heavy atom. The fourth-order valence-corrected chi connectivity index (χ4v) is 5.78. The number of para-hydroxylation sites is 1. The minimum Gasteiger partial charge on any atom is -0.373 e. The van der Waals surface area contributed by atoms with Gasteiger partial charge in [0.05, 0.1) is 17.6 Å². The molecule has 0 bridgehead atoms. The van der Waals surface area contributed by atoms with E-state index in [2.05, 4.69) is 42.1 Å². The molecule has 1 aliphatic heterocycles. The number of rotatable bonds is 4. The maximum absolute atomic E-state index is 14.6. The molecular formula is C34H22F5N5Pt. The van der Waals surface area contributed by atoms with Gasteiger partial charge in [-0.3, -0.25) is 9.67 Å². The maximum Gasteiger partial charge on any atom is 2.00 e. The van der Waals surface area contributed by atoms with Gasteiger partial charge in [-0.25, -0.2) is 22.0 Å². The number of nitrogens with zero attached hydrogens (tertiary/aromatic N) is 5. The van der Waals surface area contributed by atoms with E-state index >= 15 is 0 Å². The number of halogens is 5. The monoisotopic (exact) mass is 790 g/mol. The molecule has 11 heteroatoms. The Morgan fingerprint density at radius 1 is 0.756 bits per heavy atom. The van der Waals surface area contributed by atoms with E-state index in [-0.39, 0.29) is 26.6 Å². The maximum atomic E-state index is 14.6. The second-order valence-corrected chi connectivity index (χ2v) is 11.0. The van der Waals surface area contributed by atoms with Crippen LogP contribution in [0.2, 0.25) is 0 Å². The number of aryl methyl sites for hydroxylation is 1. The van der Waals surface area contributed by atoms with Gasteiger partial charge in [0.15, 0.2) is 23.3 Å². The molecule has 1 aliphatic rings. The summed E-state index contributed by atoms with van der Waals surface area (Å²) >= 11 is 0. The molecule has 0 spiro atoms. The first kappa shape index (κ1) is 30.5. The van der Waals surface area contributed by atoms with Gasteiger partial charge in [0.2, 0.25) is 5.82 Å². The van der Waals surface area contributed by atoms with Crippen molar-refractivity contribution in [3.8, 4) is 28.2 Å². The van der Waals surface area contributed by atoms with Gasteiger partial charge in [0.1, 0.15) is 0 Å². The van der Waals surface area contributed by atoms with Crippen molar-refractivity contribution in [1.29, 1.82) is 0 Å². The number of imidazole rings is 1. The third-order valence-corrected chi connectivity index (χ3v) is 8.04. The summed E-state index contributed by atoms with van der Waals surface area (Å²) < 4.78 is 73.8. The smallest absolute Gasteiger partial charge is 0.373 e. The summed E-state index contributed by atoms with van der Waals surface area (Å²) in [5, 5.41) is 4.19. The molecule has 6 aromatic rings. The molecule has 0 radical (unpaired) electrons. The van der Waals surface area contributed by atoms with E-state index in [1.54, 1.807) is 12.3 Å². The van der Waals surface area contributed by atoms with Crippen molar-refractivity contribution in [3.05, 3.63) is 132 Å². The molecule has 0 aliphatic carbocycles. The zero-order chi connectivity index (χ0) is 30.9. The first-order valence-corrected chi connectivity index (χ1v) is 13.6. The standard InChI is InChI=1S/C34H22F5N5.Pt/c1-34(2)23-9-4-5-10-25(23)44(22-8-6-7-19(15-22)33-40-13-14-42(33)3)26-16-21(11-12-24(26)34)43-18-20(17-41-43)27-28(35)30(37)32(39)31(38)29(27)36;/h4-14,17-18H,1-3H3;/q-2;+2. The van der Waals surface area contributed by atoms with E-state index in [1.807, 2.05) is 65.2 Å². The predicted molar refractivity (Wildman–Crippen MR) is 155 cm³/mol. The molecule has 5 nitrogen and oxygen atoms in total. The normalized spacial score (nSPS) is 13.3. The van der Waals surface area contributed by atoms with Crippen molar-refractivity contribution in [2.75, 3.05) is 4.90 Å². The van der Waals surface area contributed by atoms with Gasteiger partial charge >= 0.3 is 21.1 Å². The number of anilines is 3. The number of fused-ring (bicyclic) bond motifs is 2. The minimum absolute atomic E-state index is 0. The van der Waals surface area contributed by atoms with Crippen LogP contribution in [-0.4, -0.2) is 19.3 Å². The summed E-state index contributed by atoms with van der Waals surface area (Å²) in [6.07, 6.45) is 5.83. The minimum atomic E-state index is -2.22. The van der Waals surface area contributed by atoms with Crippen molar-refractivity contribution >= 4 is 17.1 Å². The van der Waals surface area contributed by atoms with E-state index < -0.39 is 40.1 Å². The van der Waals surface area contributed by atoms with Gasteiger partial charge < -0.3 is 9.47 Å². The van der Waals surface area contributed by atoms with Crippen LogP contribution in [0.3, 0.4) is 0 Å². The fraction of sp³-hybridized carbons (Fsp3) is 0.118. The molecule has 7 rings (SSSR count). The van der Waals surface area contributed by atoms with Crippen LogP contribution in [0.4, 0.5) is 39.0 Å². The van der Waals surface area contributed by atoms with Gasteiger partial charge in [-0.1, -0.05) is 37.7 Å². The largest absolute Gasteiger partial charge is 2.00 e. The molecule has 4 aromatic carbocycles. The molecule has 0 unspecified atom stereocenters. The summed E-state index contributed by atoms with van der Waals surface area (Å²) in [5.41, 5.74) is 3.77. The summed E-state index contributed by atoms with van der Waals surface area (Å²) in [7, 11) is 1.90. The summed E-state index contributed by atoms with van der Waals surface area (Å²) in [5.74, 6) is -9.37. The molecular weight excluding hydrogens is 768 g/mol. The number of benzene rings is 4. The third kappa shape index (κ3) is 4.70. The zero-order valence-corrected chi connectivity index (χ0v) is 26.2. The Kier molecular flexibility index (Phi) is 7.52. The molecule has 0 saturated carbocycles. The Balaban J connectivity index is 0.00000357. The van der Waals surface area contributed by atoms with E-state index in [0.717, 1.165) is 40.1 Å². The molecule has 0 fully saturated rings. The predicted octanol–water partition coefficient (Wildman–Crippen LogP) is 8.34. The summed E-state index contributed by atoms with van der Waals surface area (Å²) in [4.78, 5) is 6.49. The van der Waals surface area contributed by atoms with E-state index in [0.29, 0.717) is 11.4 Å². The molecule has 0 saturated heterocycles. The van der Waals surface area contributed by atoms with E-state index in [4.69, 9.17) is 0 Å². The first-order chi connectivity index (χ1) is 21.1. The number of aromatic nitrogens is 4. The average Bonchev–Trinajstić information content (AvgIpc) is 3.69. The Labute approximate surface area is 269 Å². The van der Waals surface area contributed by atoms with Crippen LogP contribution < -0.4 is 4.90 Å². The van der Waals surface area contributed by atoms with Gasteiger partial charge in [-0.15, -0.1) is 47.5 Å². The molecule has 3 heterocycles. The third-order valence-electron chi connectivity index (χ3n) is 8.04. The van der Waals surface area contributed by atoms with Crippen LogP contribution in [0.5, 0.6) is 0 Å². The van der Waals surface area contributed by atoms with Crippen LogP contribution in [0, 0.1) is 41.2 Å². The van der Waals surface area contributed by atoms with Crippen LogP contribution >= 0.6 is 0 Å². The average molecular weight is 791 g/mol. The van der Waals surface area contributed by atoms with Crippen molar-refractivity contribution < 1.29 is 43.0 Å². The van der Waals surface area contributed by atoms with Crippen molar-refractivity contribution in [2.24, 2.45) is 7.05 Å². The zero-order valence-electron chi connectivity index (χ0n) is 23.9. The van der Waals surface area contributed by atoms with Crippen molar-refractivity contribution in [2.45, 2.75) is 19.3 Å². The summed E-state index contributed by atoms with van der Waals surface area (Å²) in [6, 6.07) is 24.4. The van der Waals surface area contributed by atoms with Gasteiger partial charge in [-0.2, -0.15) is 11.2 Å². The molecule has 0 amide bonds. The Hall–Kier alpha value is -4.56. The molecule has 0 atom stereocenters. The first-order valence-electron chi connectivity index (χ1n) is 13.6. The topological polar surface area (TPSA) is 38.9 Å². The number of hydrogen-bond acceptors (Lipinski definition) is 3. The quantitative estimate of drug-likeness (QED) is 0.0781. The van der Waals surface area contributed by atoms with Gasteiger partial charge in [0.25, 0.3) is 0 Å². The van der Waals surface area contributed by atoms with E-state index in [1.165, 1.54) is 10.9 Å². The van der Waals surface area contributed by atoms with Gasteiger partial charge in [0, 0.05) is 36.9 Å².